The van der Waals surface area contributed by atoms with Gasteiger partial charge < -0.3 is 14.5 Å². The maximum absolute atomic E-state index is 12.4. The lowest BCUT2D eigenvalue weighted by Gasteiger charge is -2.36. The van der Waals surface area contributed by atoms with Crippen molar-refractivity contribution in [3.63, 3.8) is 0 Å². The van der Waals surface area contributed by atoms with E-state index in [2.05, 4.69) is 4.90 Å². The van der Waals surface area contributed by atoms with Gasteiger partial charge in [-0.2, -0.15) is 0 Å². The number of carbonyl (C=O) groups excluding carboxylic acids is 2. The lowest BCUT2D eigenvalue weighted by Crippen LogP contribution is -2.52. The number of amides is 2. The highest BCUT2D eigenvalue weighted by Crippen LogP contribution is 2.15. The number of carbonyl (C=O) groups is 2. The first-order valence-corrected chi connectivity index (χ1v) is 9.66. The summed E-state index contributed by atoms with van der Waals surface area (Å²) < 4.78 is 5.73. The van der Waals surface area contributed by atoms with Crippen molar-refractivity contribution in [2.75, 3.05) is 52.4 Å². The molecule has 26 heavy (non-hydrogen) atoms. The van der Waals surface area contributed by atoms with Gasteiger partial charge in [0.25, 0.3) is 0 Å². The van der Waals surface area contributed by atoms with Crippen molar-refractivity contribution >= 4 is 23.4 Å². The summed E-state index contributed by atoms with van der Waals surface area (Å²) >= 11 is 5.86. The minimum atomic E-state index is 0.0670. The van der Waals surface area contributed by atoms with Gasteiger partial charge in [0.05, 0.1) is 6.54 Å². The number of hydrogen-bond acceptors (Lipinski definition) is 4. The van der Waals surface area contributed by atoms with Crippen LogP contribution in [0.25, 0.3) is 0 Å². The molecule has 2 fully saturated rings. The Bertz CT molecular complexity index is 615. The van der Waals surface area contributed by atoms with Crippen LogP contribution in [0.15, 0.2) is 24.3 Å². The molecule has 0 bridgehead atoms. The van der Waals surface area contributed by atoms with Gasteiger partial charge in [0.1, 0.15) is 12.4 Å². The van der Waals surface area contributed by atoms with Crippen LogP contribution in [0, 0.1) is 0 Å². The zero-order valence-corrected chi connectivity index (χ0v) is 15.8. The average molecular weight is 380 g/mol. The first kappa shape index (κ1) is 19.0. The molecular weight excluding hydrogens is 354 g/mol. The fourth-order valence-corrected chi connectivity index (χ4v) is 3.46. The van der Waals surface area contributed by atoms with Crippen LogP contribution in [0.4, 0.5) is 0 Å². The number of hydrogen-bond donors (Lipinski definition) is 0. The standard InChI is InChI=1S/C19H26ClN3O3/c20-16-4-6-17(7-5-16)26-14-13-21-9-11-22(12-10-21)19(25)15-23-8-2-1-3-18(23)24/h4-7H,1-3,8-15H2. The molecule has 0 spiro atoms. The molecule has 3 rings (SSSR count). The number of likely N-dealkylation sites (tertiary alicyclic amines) is 1. The fraction of sp³-hybridized carbons (Fsp3) is 0.579. The van der Waals surface area contributed by atoms with Crippen LogP contribution in [0.3, 0.4) is 0 Å². The molecule has 1 aromatic carbocycles. The Hall–Kier alpha value is -1.79. The minimum absolute atomic E-state index is 0.0670. The Morgan fingerprint density at radius 2 is 1.77 bits per heavy atom. The lowest BCUT2D eigenvalue weighted by atomic mass is 10.1. The molecule has 0 radical (unpaired) electrons. The summed E-state index contributed by atoms with van der Waals surface area (Å²) in [7, 11) is 0. The predicted octanol–water partition coefficient (Wildman–Crippen LogP) is 1.88. The molecule has 2 heterocycles. The molecule has 0 N–H and O–H groups in total. The van der Waals surface area contributed by atoms with Gasteiger partial charge >= 0.3 is 0 Å². The van der Waals surface area contributed by atoms with E-state index in [0.29, 0.717) is 37.7 Å². The summed E-state index contributed by atoms with van der Waals surface area (Å²) in [5.41, 5.74) is 0. The Morgan fingerprint density at radius 1 is 1.04 bits per heavy atom. The highest BCUT2D eigenvalue weighted by molar-refractivity contribution is 6.30. The SMILES string of the molecule is O=C(CN1CCCCC1=O)N1CCN(CCOc2ccc(Cl)cc2)CC1. The number of piperidine rings is 1. The molecule has 0 aliphatic carbocycles. The van der Waals surface area contributed by atoms with Gasteiger partial charge in [0.15, 0.2) is 0 Å². The summed E-state index contributed by atoms with van der Waals surface area (Å²) in [6.45, 7) is 5.48. The van der Waals surface area contributed by atoms with E-state index in [-0.39, 0.29) is 18.4 Å². The molecule has 6 nitrogen and oxygen atoms in total. The van der Waals surface area contributed by atoms with E-state index < -0.39 is 0 Å². The number of nitrogens with zero attached hydrogens (tertiary/aromatic N) is 3. The molecule has 1 aromatic rings. The largest absolute Gasteiger partial charge is 0.492 e. The van der Waals surface area contributed by atoms with Crippen LogP contribution < -0.4 is 4.74 Å². The van der Waals surface area contributed by atoms with Gasteiger partial charge in [-0.1, -0.05) is 11.6 Å². The maximum atomic E-state index is 12.4. The van der Waals surface area contributed by atoms with E-state index in [9.17, 15) is 9.59 Å². The van der Waals surface area contributed by atoms with E-state index in [0.717, 1.165) is 38.2 Å². The van der Waals surface area contributed by atoms with Crippen molar-refractivity contribution in [1.82, 2.24) is 14.7 Å². The molecule has 2 amide bonds. The van der Waals surface area contributed by atoms with Crippen molar-refractivity contribution in [2.24, 2.45) is 0 Å². The van der Waals surface area contributed by atoms with Crippen LogP contribution in [-0.2, 0) is 9.59 Å². The van der Waals surface area contributed by atoms with Gasteiger partial charge in [-0.05, 0) is 37.1 Å². The molecule has 2 aliphatic heterocycles. The fourth-order valence-electron chi connectivity index (χ4n) is 3.34. The number of ether oxygens (including phenoxy) is 1. The summed E-state index contributed by atoms with van der Waals surface area (Å²) in [6, 6.07) is 7.35. The Labute approximate surface area is 159 Å². The number of piperazine rings is 1. The van der Waals surface area contributed by atoms with E-state index in [4.69, 9.17) is 16.3 Å². The second-order valence-electron chi connectivity index (χ2n) is 6.80. The maximum Gasteiger partial charge on any atom is 0.242 e. The molecule has 0 saturated carbocycles. The summed E-state index contributed by atoms with van der Waals surface area (Å²) in [4.78, 5) is 30.1. The van der Waals surface area contributed by atoms with Gasteiger partial charge in [-0.3, -0.25) is 14.5 Å². The molecule has 7 heteroatoms. The van der Waals surface area contributed by atoms with Crippen molar-refractivity contribution < 1.29 is 14.3 Å². The summed E-state index contributed by atoms with van der Waals surface area (Å²) in [6.07, 6.45) is 2.52. The van der Waals surface area contributed by atoms with Crippen molar-refractivity contribution in [3.8, 4) is 5.75 Å². The molecular formula is C19H26ClN3O3. The highest BCUT2D eigenvalue weighted by atomic mass is 35.5. The van der Waals surface area contributed by atoms with E-state index in [1.54, 1.807) is 4.90 Å². The third kappa shape index (κ3) is 5.35. The first-order chi connectivity index (χ1) is 12.6. The predicted molar refractivity (Wildman–Crippen MR) is 100 cm³/mol. The van der Waals surface area contributed by atoms with Crippen molar-refractivity contribution in [1.29, 1.82) is 0 Å². The van der Waals surface area contributed by atoms with Crippen LogP contribution in [0.2, 0.25) is 5.02 Å². The quantitative estimate of drug-likeness (QED) is 0.757. The highest BCUT2D eigenvalue weighted by Gasteiger charge is 2.25. The molecule has 142 valence electrons. The van der Waals surface area contributed by atoms with Gasteiger partial charge in [0.2, 0.25) is 11.8 Å². The topological polar surface area (TPSA) is 53.1 Å². The third-order valence-corrected chi connectivity index (χ3v) is 5.21. The summed E-state index contributed by atoms with van der Waals surface area (Å²) in [5, 5.41) is 0.699. The third-order valence-electron chi connectivity index (χ3n) is 4.96. The minimum Gasteiger partial charge on any atom is -0.492 e. The molecule has 0 aromatic heterocycles. The van der Waals surface area contributed by atoms with Crippen LogP contribution in [0.5, 0.6) is 5.75 Å². The monoisotopic (exact) mass is 379 g/mol. The van der Waals surface area contributed by atoms with Crippen molar-refractivity contribution in [2.45, 2.75) is 19.3 Å². The average Bonchev–Trinajstić information content (AvgIpc) is 2.66. The van der Waals surface area contributed by atoms with E-state index >= 15 is 0 Å². The normalized spacial score (nSPS) is 18.9. The van der Waals surface area contributed by atoms with Gasteiger partial charge in [-0.15, -0.1) is 0 Å². The Morgan fingerprint density at radius 3 is 2.46 bits per heavy atom. The van der Waals surface area contributed by atoms with Crippen molar-refractivity contribution in [3.05, 3.63) is 29.3 Å². The van der Waals surface area contributed by atoms with E-state index in [1.807, 2.05) is 29.2 Å². The molecule has 2 aliphatic rings. The molecule has 0 atom stereocenters. The number of benzene rings is 1. The lowest BCUT2D eigenvalue weighted by molar-refractivity contribution is -0.142. The van der Waals surface area contributed by atoms with Gasteiger partial charge in [-0.25, -0.2) is 0 Å². The van der Waals surface area contributed by atoms with Crippen LogP contribution in [-0.4, -0.2) is 78.9 Å². The Balaban J connectivity index is 1.35. The second kappa shape index (κ2) is 9.24. The first-order valence-electron chi connectivity index (χ1n) is 9.28. The zero-order valence-electron chi connectivity index (χ0n) is 15.0. The van der Waals surface area contributed by atoms with E-state index in [1.165, 1.54) is 0 Å². The summed E-state index contributed by atoms with van der Waals surface area (Å²) in [5.74, 6) is 0.995. The van der Waals surface area contributed by atoms with Gasteiger partial charge in [0, 0.05) is 50.7 Å². The molecule has 2 saturated heterocycles. The number of halogens is 1. The van der Waals surface area contributed by atoms with Crippen LogP contribution in [0.1, 0.15) is 19.3 Å². The number of rotatable bonds is 6. The van der Waals surface area contributed by atoms with Crippen LogP contribution >= 0.6 is 11.6 Å². The second-order valence-corrected chi connectivity index (χ2v) is 7.23. The molecule has 0 unspecified atom stereocenters. The Kier molecular flexibility index (Phi) is 6.74. The zero-order chi connectivity index (χ0) is 18.4. The smallest absolute Gasteiger partial charge is 0.242 e.